The molecule has 0 unspecified atom stereocenters. The number of carboxylic acids is 1. The summed E-state index contributed by atoms with van der Waals surface area (Å²) in [5, 5.41) is 8.99. The molecule has 1 fully saturated rings. The molecule has 2 aliphatic rings. The van der Waals surface area contributed by atoms with Crippen LogP contribution in [0.3, 0.4) is 0 Å². The molecule has 116 valence electrons. The van der Waals surface area contributed by atoms with Gasteiger partial charge in [0.15, 0.2) is 0 Å². The van der Waals surface area contributed by atoms with Gasteiger partial charge in [0.05, 0.1) is 25.7 Å². The van der Waals surface area contributed by atoms with E-state index in [1.807, 2.05) is 18.2 Å². The zero-order chi connectivity index (χ0) is 15.5. The van der Waals surface area contributed by atoms with Crippen LogP contribution in [0.1, 0.15) is 34.3 Å². The largest absolute Gasteiger partial charge is 0.481 e. The van der Waals surface area contributed by atoms with E-state index in [0.717, 1.165) is 18.4 Å². The number of carbonyl (C=O) groups is 2. The minimum atomic E-state index is -0.913. The van der Waals surface area contributed by atoms with Crippen molar-refractivity contribution >= 4 is 18.0 Å². The second-order valence-electron chi connectivity index (χ2n) is 5.68. The molecule has 5 heteroatoms. The van der Waals surface area contributed by atoms with Gasteiger partial charge in [-0.2, -0.15) is 0 Å². The van der Waals surface area contributed by atoms with E-state index >= 15 is 0 Å². The maximum Gasteiger partial charge on any atom is 0.305 e. The number of fused-ring (bicyclic) bond motifs is 1. The lowest BCUT2D eigenvalue weighted by Crippen LogP contribution is -2.49. The van der Waals surface area contributed by atoms with E-state index in [0.29, 0.717) is 18.7 Å². The Kier molecular flexibility index (Phi) is 4.24. The first kappa shape index (κ1) is 14.8. The molecule has 1 saturated heterocycles. The molecular weight excluding hydrogens is 282 g/mol. The standard InChI is InChI=1S/C17H19NO4/c19-16(20)10-15-11-22-8-7-18(15)17(21)14-6-5-12-3-1-2-4-13(12)9-14/h1,3,5-6,9,15H,2,4,7-8,10-11H2,(H,19,20)/t15-/m0/s1. The smallest absolute Gasteiger partial charge is 0.305 e. The van der Waals surface area contributed by atoms with Crippen LogP contribution < -0.4 is 0 Å². The zero-order valence-corrected chi connectivity index (χ0v) is 12.3. The van der Waals surface area contributed by atoms with E-state index < -0.39 is 12.0 Å². The highest BCUT2D eigenvalue weighted by molar-refractivity contribution is 5.95. The number of aryl methyl sites for hydroxylation is 1. The van der Waals surface area contributed by atoms with Crippen LogP contribution in [0.4, 0.5) is 0 Å². The number of hydrogen-bond acceptors (Lipinski definition) is 3. The number of hydrogen-bond donors (Lipinski definition) is 1. The minimum absolute atomic E-state index is 0.0839. The summed E-state index contributed by atoms with van der Waals surface area (Å²) < 4.78 is 5.32. The van der Waals surface area contributed by atoms with E-state index in [2.05, 4.69) is 12.2 Å². The van der Waals surface area contributed by atoms with E-state index in [4.69, 9.17) is 9.84 Å². The summed E-state index contributed by atoms with van der Waals surface area (Å²) in [6, 6.07) is 5.33. The summed E-state index contributed by atoms with van der Waals surface area (Å²) in [5.41, 5.74) is 2.97. The van der Waals surface area contributed by atoms with E-state index in [1.54, 1.807) is 4.90 Å². The quantitative estimate of drug-likeness (QED) is 0.927. The average molecular weight is 301 g/mol. The third-order valence-electron chi connectivity index (χ3n) is 4.17. The third-order valence-corrected chi connectivity index (χ3v) is 4.17. The molecule has 1 aromatic carbocycles. The van der Waals surface area contributed by atoms with E-state index in [1.165, 1.54) is 5.56 Å². The molecule has 1 aromatic rings. The van der Waals surface area contributed by atoms with E-state index in [-0.39, 0.29) is 18.9 Å². The number of amides is 1. The molecule has 1 amide bonds. The molecule has 1 heterocycles. The summed E-state index contributed by atoms with van der Waals surface area (Å²) in [5.74, 6) is -1.02. The molecule has 0 bridgehead atoms. The molecule has 5 nitrogen and oxygen atoms in total. The third kappa shape index (κ3) is 3.04. The van der Waals surface area contributed by atoms with Gasteiger partial charge in [0.1, 0.15) is 0 Å². The number of morpholine rings is 1. The number of aliphatic carboxylic acids is 1. The predicted molar refractivity (Wildman–Crippen MR) is 81.7 cm³/mol. The maximum absolute atomic E-state index is 12.7. The van der Waals surface area contributed by atoms with Gasteiger partial charge in [-0.3, -0.25) is 9.59 Å². The SMILES string of the molecule is O=C(O)C[C@H]1COCCN1C(=O)c1ccc2c(c1)CCC=C2. The topological polar surface area (TPSA) is 66.8 Å². The number of ether oxygens (including phenoxy) is 1. The molecule has 1 atom stereocenters. The molecule has 1 aliphatic carbocycles. The first-order valence-corrected chi connectivity index (χ1v) is 7.55. The molecular formula is C17H19NO4. The summed E-state index contributed by atoms with van der Waals surface area (Å²) in [7, 11) is 0. The molecule has 1 N–H and O–H groups in total. The van der Waals surface area contributed by atoms with Crippen molar-refractivity contribution in [2.24, 2.45) is 0 Å². The van der Waals surface area contributed by atoms with E-state index in [9.17, 15) is 9.59 Å². The van der Waals surface area contributed by atoms with Crippen LogP contribution >= 0.6 is 0 Å². The average Bonchev–Trinajstić information content (AvgIpc) is 2.54. The lowest BCUT2D eigenvalue weighted by Gasteiger charge is -2.35. The van der Waals surface area contributed by atoms with Crippen molar-refractivity contribution in [1.29, 1.82) is 0 Å². The molecule has 0 saturated carbocycles. The monoisotopic (exact) mass is 301 g/mol. The molecule has 0 aromatic heterocycles. The highest BCUT2D eigenvalue weighted by atomic mass is 16.5. The highest BCUT2D eigenvalue weighted by Gasteiger charge is 2.30. The van der Waals surface area contributed by atoms with Crippen LogP contribution in [0.25, 0.3) is 6.08 Å². The number of carboxylic acid groups (broad SMARTS) is 1. The van der Waals surface area contributed by atoms with Crippen molar-refractivity contribution in [3.63, 3.8) is 0 Å². The molecule has 3 rings (SSSR count). The summed E-state index contributed by atoms with van der Waals surface area (Å²) in [6.45, 7) is 1.18. The first-order valence-electron chi connectivity index (χ1n) is 7.55. The molecule has 0 radical (unpaired) electrons. The van der Waals surface area contributed by atoms with Crippen molar-refractivity contribution < 1.29 is 19.4 Å². The van der Waals surface area contributed by atoms with Gasteiger partial charge in [-0.1, -0.05) is 18.2 Å². The Morgan fingerprint density at radius 1 is 1.36 bits per heavy atom. The second kappa shape index (κ2) is 6.32. The van der Waals surface area contributed by atoms with Crippen LogP contribution in [0.5, 0.6) is 0 Å². The number of rotatable bonds is 3. The Balaban J connectivity index is 1.82. The summed E-state index contributed by atoms with van der Waals surface area (Å²) in [4.78, 5) is 25.3. The van der Waals surface area contributed by atoms with Crippen LogP contribution in [-0.4, -0.2) is 47.7 Å². The van der Waals surface area contributed by atoms with Crippen LogP contribution in [-0.2, 0) is 16.0 Å². The number of nitrogens with zero attached hydrogens (tertiary/aromatic N) is 1. The Labute approximate surface area is 129 Å². The molecule has 22 heavy (non-hydrogen) atoms. The normalized spacial score (nSPS) is 20.5. The van der Waals surface area contributed by atoms with Gasteiger partial charge < -0.3 is 14.7 Å². The van der Waals surface area contributed by atoms with Gasteiger partial charge >= 0.3 is 5.97 Å². The van der Waals surface area contributed by atoms with Crippen LogP contribution in [0.15, 0.2) is 24.3 Å². The van der Waals surface area contributed by atoms with Crippen molar-refractivity contribution in [2.45, 2.75) is 25.3 Å². The summed E-state index contributed by atoms with van der Waals surface area (Å²) in [6.07, 6.45) is 6.06. The van der Waals surface area contributed by atoms with Gasteiger partial charge in [-0.25, -0.2) is 0 Å². The highest BCUT2D eigenvalue weighted by Crippen LogP contribution is 2.22. The first-order chi connectivity index (χ1) is 10.6. The maximum atomic E-state index is 12.7. The number of allylic oxidation sites excluding steroid dienone is 1. The van der Waals surface area contributed by atoms with Gasteiger partial charge in [0, 0.05) is 12.1 Å². The fraction of sp³-hybridized carbons (Fsp3) is 0.412. The number of carbonyl (C=O) groups excluding carboxylic acids is 1. The predicted octanol–water partition coefficient (Wildman–Crippen LogP) is 1.96. The fourth-order valence-electron chi connectivity index (χ4n) is 3.03. The van der Waals surface area contributed by atoms with Crippen molar-refractivity contribution in [1.82, 2.24) is 4.90 Å². The Morgan fingerprint density at radius 3 is 3.05 bits per heavy atom. The Hall–Kier alpha value is -2.14. The number of benzene rings is 1. The van der Waals surface area contributed by atoms with Gasteiger partial charge in [0.25, 0.3) is 5.91 Å². The van der Waals surface area contributed by atoms with Crippen LogP contribution in [0, 0.1) is 0 Å². The molecule has 1 aliphatic heterocycles. The van der Waals surface area contributed by atoms with Crippen molar-refractivity contribution in [2.75, 3.05) is 19.8 Å². The minimum Gasteiger partial charge on any atom is -0.481 e. The Morgan fingerprint density at radius 2 is 2.23 bits per heavy atom. The molecule has 0 spiro atoms. The fourth-order valence-corrected chi connectivity index (χ4v) is 3.03. The van der Waals surface area contributed by atoms with Crippen molar-refractivity contribution in [3.05, 3.63) is 41.0 Å². The van der Waals surface area contributed by atoms with Gasteiger partial charge in [0.2, 0.25) is 0 Å². The zero-order valence-electron chi connectivity index (χ0n) is 12.3. The van der Waals surface area contributed by atoms with Gasteiger partial charge in [-0.15, -0.1) is 0 Å². The van der Waals surface area contributed by atoms with Crippen molar-refractivity contribution in [3.8, 4) is 0 Å². The van der Waals surface area contributed by atoms with Crippen LogP contribution in [0.2, 0.25) is 0 Å². The lowest BCUT2D eigenvalue weighted by molar-refractivity contribution is -0.139. The van der Waals surface area contributed by atoms with Gasteiger partial charge in [-0.05, 0) is 36.1 Å². The lowest BCUT2D eigenvalue weighted by atomic mass is 9.95. The summed E-state index contributed by atoms with van der Waals surface area (Å²) >= 11 is 0. The Bertz CT molecular complexity index is 623. The second-order valence-corrected chi connectivity index (χ2v) is 5.68.